The topological polar surface area (TPSA) is 44.8 Å². The van der Waals surface area contributed by atoms with E-state index in [1.54, 1.807) is 0 Å². The summed E-state index contributed by atoms with van der Waals surface area (Å²) < 4.78 is 6.92. The van der Waals surface area contributed by atoms with Crippen LogP contribution in [0.5, 0.6) is 0 Å². The summed E-state index contributed by atoms with van der Waals surface area (Å²) in [7, 11) is 0. The molecule has 2 fully saturated rings. The van der Waals surface area contributed by atoms with Crippen molar-refractivity contribution in [1.82, 2.24) is 10.2 Å². The van der Waals surface area contributed by atoms with Gasteiger partial charge in [-0.25, -0.2) is 4.79 Å². The fraction of sp³-hybridized carbons (Fsp3) is 0.409. The number of urea groups is 1. The molecule has 0 aromatic heterocycles. The van der Waals surface area contributed by atoms with Crippen molar-refractivity contribution in [2.24, 2.45) is 5.92 Å². The molecule has 2 aromatic rings. The molecule has 2 amide bonds. The zero-order chi connectivity index (χ0) is 19.3. The first-order valence-corrected chi connectivity index (χ1v) is 10.7. The summed E-state index contributed by atoms with van der Waals surface area (Å²) >= 11 is 3.50. The van der Waals surface area contributed by atoms with Crippen molar-refractivity contribution >= 4 is 27.6 Å². The highest BCUT2D eigenvalue weighted by molar-refractivity contribution is 9.10. The number of carbonyl (C=O) groups excluding carboxylic acids is 1. The molecule has 28 heavy (non-hydrogen) atoms. The summed E-state index contributed by atoms with van der Waals surface area (Å²) in [5, 5.41) is 3.15. The number of amides is 2. The Morgan fingerprint density at radius 2 is 1.96 bits per heavy atom. The highest BCUT2D eigenvalue weighted by Crippen LogP contribution is 2.25. The van der Waals surface area contributed by atoms with Gasteiger partial charge in [-0.05, 0) is 42.2 Å². The SMILES string of the molecule is O=C(NCC1CCN(c2ccccc2)C1)N1CCOC(c2cccc(Br)c2)C1. The number of hydrogen-bond acceptors (Lipinski definition) is 3. The van der Waals surface area contributed by atoms with Crippen LogP contribution in [0.3, 0.4) is 0 Å². The minimum absolute atomic E-state index is 0.0152. The number of morpholine rings is 1. The standard InChI is InChI=1S/C22H26BrN3O2/c23-19-6-4-5-18(13-19)21-16-26(11-12-28-21)22(27)24-14-17-9-10-25(15-17)20-7-2-1-3-8-20/h1-8,13,17,21H,9-12,14-16H2,(H,24,27). The van der Waals surface area contributed by atoms with Gasteiger partial charge in [0.05, 0.1) is 13.2 Å². The number of halogens is 1. The third kappa shape index (κ3) is 4.67. The molecule has 2 heterocycles. The average Bonchev–Trinajstić information content (AvgIpc) is 3.22. The van der Waals surface area contributed by atoms with Crippen LogP contribution >= 0.6 is 15.9 Å². The molecular weight excluding hydrogens is 418 g/mol. The summed E-state index contributed by atoms with van der Waals surface area (Å²) in [5.41, 5.74) is 2.36. The second kappa shape index (κ2) is 8.97. The van der Waals surface area contributed by atoms with Crippen LogP contribution in [0, 0.1) is 5.92 Å². The predicted molar refractivity (Wildman–Crippen MR) is 115 cm³/mol. The molecule has 0 spiro atoms. The highest BCUT2D eigenvalue weighted by Gasteiger charge is 2.27. The van der Waals surface area contributed by atoms with Gasteiger partial charge in [-0.2, -0.15) is 0 Å². The lowest BCUT2D eigenvalue weighted by Gasteiger charge is -2.33. The Morgan fingerprint density at radius 1 is 1.11 bits per heavy atom. The molecule has 0 radical (unpaired) electrons. The number of carbonyl (C=O) groups is 1. The fourth-order valence-corrected chi connectivity index (χ4v) is 4.38. The Kier molecular flexibility index (Phi) is 6.17. The molecule has 1 N–H and O–H groups in total. The van der Waals surface area contributed by atoms with Gasteiger partial charge in [0.15, 0.2) is 0 Å². The second-order valence-electron chi connectivity index (χ2n) is 7.48. The second-order valence-corrected chi connectivity index (χ2v) is 8.40. The van der Waals surface area contributed by atoms with Crippen molar-refractivity contribution in [3.05, 3.63) is 64.6 Å². The van der Waals surface area contributed by atoms with E-state index in [1.807, 2.05) is 29.2 Å². The summed E-state index contributed by atoms with van der Waals surface area (Å²) in [5.74, 6) is 0.492. The van der Waals surface area contributed by atoms with Gasteiger partial charge in [-0.3, -0.25) is 0 Å². The van der Waals surface area contributed by atoms with Gasteiger partial charge < -0.3 is 19.9 Å². The van der Waals surface area contributed by atoms with E-state index in [-0.39, 0.29) is 12.1 Å². The maximum atomic E-state index is 12.7. The number of nitrogens with one attached hydrogen (secondary N) is 1. The van der Waals surface area contributed by atoms with Crippen LogP contribution in [-0.2, 0) is 4.74 Å². The number of rotatable bonds is 4. The smallest absolute Gasteiger partial charge is 0.317 e. The van der Waals surface area contributed by atoms with E-state index < -0.39 is 0 Å². The summed E-state index contributed by atoms with van der Waals surface area (Å²) in [6.07, 6.45) is 1.04. The van der Waals surface area contributed by atoms with Crippen LogP contribution in [-0.4, -0.2) is 50.3 Å². The third-order valence-electron chi connectivity index (χ3n) is 5.52. The molecule has 2 unspecified atom stereocenters. The quantitative estimate of drug-likeness (QED) is 0.774. The normalized spacial score (nSPS) is 22.3. The number of para-hydroxylation sites is 1. The molecule has 0 saturated carbocycles. The van der Waals surface area contributed by atoms with E-state index in [0.717, 1.165) is 36.1 Å². The lowest BCUT2D eigenvalue weighted by Crippen LogP contribution is -2.48. The van der Waals surface area contributed by atoms with Crippen molar-refractivity contribution < 1.29 is 9.53 Å². The fourth-order valence-electron chi connectivity index (χ4n) is 3.96. The number of nitrogens with zero attached hydrogens (tertiary/aromatic N) is 2. The van der Waals surface area contributed by atoms with Crippen LogP contribution in [0.15, 0.2) is 59.1 Å². The monoisotopic (exact) mass is 443 g/mol. The van der Waals surface area contributed by atoms with E-state index >= 15 is 0 Å². The molecule has 2 saturated heterocycles. The van der Waals surface area contributed by atoms with Crippen LogP contribution in [0.1, 0.15) is 18.1 Å². The van der Waals surface area contributed by atoms with E-state index in [0.29, 0.717) is 25.6 Å². The van der Waals surface area contributed by atoms with Crippen molar-refractivity contribution in [2.45, 2.75) is 12.5 Å². The zero-order valence-electron chi connectivity index (χ0n) is 15.9. The van der Waals surface area contributed by atoms with Gasteiger partial charge in [-0.15, -0.1) is 0 Å². The summed E-state index contributed by atoms with van der Waals surface area (Å²) in [6, 6.07) is 18.6. The van der Waals surface area contributed by atoms with Gasteiger partial charge in [0.25, 0.3) is 0 Å². The first kappa shape index (κ1) is 19.3. The van der Waals surface area contributed by atoms with Gasteiger partial charge in [0.2, 0.25) is 0 Å². The molecule has 2 aromatic carbocycles. The largest absolute Gasteiger partial charge is 0.371 e. The zero-order valence-corrected chi connectivity index (χ0v) is 17.5. The summed E-state index contributed by atoms with van der Waals surface area (Å²) in [4.78, 5) is 17.0. The average molecular weight is 444 g/mol. The minimum Gasteiger partial charge on any atom is -0.371 e. The van der Waals surface area contributed by atoms with Crippen molar-refractivity contribution in [3.8, 4) is 0 Å². The van der Waals surface area contributed by atoms with Crippen LogP contribution in [0.4, 0.5) is 10.5 Å². The lowest BCUT2D eigenvalue weighted by atomic mass is 10.1. The molecule has 2 aliphatic rings. The van der Waals surface area contributed by atoms with Crippen LogP contribution < -0.4 is 10.2 Å². The van der Waals surface area contributed by atoms with E-state index in [2.05, 4.69) is 56.5 Å². The van der Waals surface area contributed by atoms with Gasteiger partial charge in [0, 0.05) is 36.3 Å². The van der Waals surface area contributed by atoms with E-state index in [4.69, 9.17) is 4.74 Å². The van der Waals surface area contributed by atoms with E-state index in [1.165, 1.54) is 5.69 Å². The Labute approximate surface area is 174 Å². The Balaban J connectivity index is 1.27. The van der Waals surface area contributed by atoms with Gasteiger partial charge in [-0.1, -0.05) is 46.3 Å². The minimum atomic E-state index is -0.0722. The number of benzene rings is 2. The first-order valence-electron chi connectivity index (χ1n) is 9.89. The number of hydrogen-bond donors (Lipinski definition) is 1. The van der Waals surface area contributed by atoms with Crippen molar-refractivity contribution in [3.63, 3.8) is 0 Å². The van der Waals surface area contributed by atoms with Gasteiger partial charge in [0.1, 0.15) is 6.10 Å². The van der Waals surface area contributed by atoms with E-state index in [9.17, 15) is 4.79 Å². The molecule has 148 valence electrons. The maximum Gasteiger partial charge on any atom is 0.317 e. The first-order chi connectivity index (χ1) is 13.7. The molecule has 2 atom stereocenters. The molecule has 6 heteroatoms. The van der Waals surface area contributed by atoms with Crippen LogP contribution in [0.2, 0.25) is 0 Å². The Hall–Kier alpha value is -2.05. The van der Waals surface area contributed by atoms with Crippen molar-refractivity contribution in [2.75, 3.05) is 44.2 Å². The molecule has 0 aliphatic carbocycles. The Morgan fingerprint density at radius 3 is 2.79 bits per heavy atom. The van der Waals surface area contributed by atoms with Crippen molar-refractivity contribution in [1.29, 1.82) is 0 Å². The molecular formula is C22H26BrN3O2. The summed E-state index contributed by atoms with van der Waals surface area (Å²) in [6.45, 7) is 4.55. The molecule has 0 bridgehead atoms. The number of anilines is 1. The third-order valence-corrected chi connectivity index (χ3v) is 6.02. The van der Waals surface area contributed by atoms with Gasteiger partial charge >= 0.3 is 6.03 Å². The maximum absolute atomic E-state index is 12.7. The molecule has 4 rings (SSSR count). The highest BCUT2D eigenvalue weighted by atomic mass is 79.9. The Bertz CT molecular complexity index is 801. The predicted octanol–water partition coefficient (Wildman–Crippen LogP) is 4.06. The number of ether oxygens (including phenoxy) is 1. The lowest BCUT2D eigenvalue weighted by molar-refractivity contribution is -0.0155. The van der Waals surface area contributed by atoms with Crippen LogP contribution in [0.25, 0.3) is 0 Å². The molecule has 2 aliphatic heterocycles. The molecule has 5 nitrogen and oxygen atoms in total.